The molecule has 0 radical (unpaired) electrons. The molecular weight excluding hydrogens is 495 g/mol. The summed E-state index contributed by atoms with van der Waals surface area (Å²) in [7, 11) is 1.77. The Morgan fingerprint density at radius 3 is 2.57 bits per heavy atom. The maximum atomic E-state index is 12.1. The lowest BCUT2D eigenvalue weighted by Gasteiger charge is -2.20. The van der Waals surface area contributed by atoms with Crippen LogP contribution in [0.3, 0.4) is 0 Å². The SMILES string of the molecule is CCOc1ccc(CCNC(=NC)NC2CCN(C(=O)C(C)C)C2)cc1OCC.I. The molecule has 8 heteroatoms. The van der Waals surface area contributed by atoms with Gasteiger partial charge >= 0.3 is 0 Å². The molecule has 2 N–H and O–H groups in total. The number of amides is 1. The van der Waals surface area contributed by atoms with Gasteiger partial charge in [0.1, 0.15) is 0 Å². The summed E-state index contributed by atoms with van der Waals surface area (Å²) in [5.41, 5.74) is 1.18. The summed E-state index contributed by atoms with van der Waals surface area (Å²) in [6.07, 6.45) is 1.78. The number of nitrogens with zero attached hydrogens (tertiary/aromatic N) is 2. The first kappa shape index (κ1) is 26.3. The highest BCUT2D eigenvalue weighted by Gasteiger charge is 2.27. The van der Waals surface area contributed by atoms with Crippen molar-refractivity contribution >= 4 is 35.8 Å². The molecule has 0 aliphatic carbocycles. The number of ether oxygens (including phenoxy) is 2. The average Bonchev–Trinajstić information content (AvgIpc) is 3.17. The molecule has 1 unspecified atom stereocenters. The van der Waals surface area contributed by atoms with Gasteiger partial charge in [-0.15, -0.1) is 24.0 Å². The molecule has 1 saturated heterocycles. The van der Waals surface area contributed by atoms with Crippen molar-refractivity contribution < 1.29 is 14.3 Å². The third-order valence-electron chi connectivity index (χ3n) is 4.87. The number of carbonyl (C=O) groups is 1. The molecule has 1 aliphatic rings. The van der Waals surface area contributed by atoms with E-state index in [-0.39, 0.29) is 41.8 Å². The normalized spacial score (nSPS) is 16.3. The molecule has 0 saturated carbocycles. The summed E-state index contributed by atoms with van der Waals surface area (Å²) in [5.74, 6) is 2.60. The van der Waals surface area contributed by atoms with Gasteiger partial charge in [0.05, 0.1) is 13.2 Å². The lowest BCUT2D eigenvalue weighted by atomic mass is 10.1. The van der Waals surface area contributed by atoms with Crippen LogP contribution in [0, 0.1) is 5.92 Å². The molecule has 1 heterocycles. The van der Waals surface area contributed by atoms with Crippen LogP contribution in [0.5, 0.6) is 11.5 Å². The first-order valence-corrected chi connectivity index (χ1v) is 10.6. The van der Waals surface area contributed by atoms with Crippen LogP contribution in [0.4, 0.5) is 0 Å². The van der Waals surface area contributed by atoms with Crippen molar-refractivity contribution in [2.24, 2.45) is 10.9 Å². The van der Waals surface area contributed by atoms with Gasteiger partial charge in [-0.3, -0.25) is 9.79 Å². The molecule has 1 aromatic carbocycles. The van der Waals surface area contributed by atoms with Crippen LogP contribution in [-0.4, -0.2) is 62.7 Å². The second-order valence-corrected chi connectivity index (χ2v) is 7.46. The number of benzene rings is 1. The molecule has 7 nitrogen and oxygen atoms in total. The number of carbonyl (C=O) groups excluding carboxylic acids is 1. The second-order valence-electron chi connectivity index (χ2n) is 7.46. The van der Waals surface area contributed by atoms with Crippen molar-refractivity contribution in [3.63, 3.8) is 0 Å². The molecule has 0 spiro atoms. The molecule has 1 aromatic rings. The van der Waals surface area contributed by atoms with Gasteiger partial charge in [0, 0.05) is 38.6 Å². The highest BCUT2D eigenvalue weighted by Crippen LogP contribution is 2.28. The number of guanidine groups is 1. The number of rotatable bonds is 9. The Bertz CT molecular complexity index is 697. The number of nitrogens with one attached hydrogen (secondary N) is 2. The van der Waals surface area contributed by atoms with E-state index in [4.69, 9.17) is 9.47 Å². The molecular formula is C22H37IN4O3. The molecule has 0 aromatic heterocycles. The fourth-order valence-corrected chi connectivity index (χ4v) is 3.41. The highest BCUT2D eigenvalue weighted by atomic mass is 127. The van der Waals surface area contributed by atoms with Gasteiger partial charge in [0.2, 0.25) is 5.91 Å². The Kier molecular flexibility index (Phi) is 11.9. The maximum absolute atomic E-state index is 12.1. The molecule has 2 rings (SSSR count). The van der Waals surface area contributed by atoms with Crippen molar-refractivity contribution in [3.8, 4) is 11.5 Å². The van der Waals surface area contributed by atoms with Crippen molar-refractivity contribution in [2.75, 3.05) is 39.9 Å². The summed E-state index contributed by atoms with van der Waals surface area (Å²) in [6, 6.07) is 6.31. The quantitative estimate of drug-likeness (QED) is 0.291. The molecule has 1 aliphatic heterocycles. The van der Waals surface area contributed by atoms with Gasteiger partial charge in [-0.05, 0) is 44.4 Å². The topological polar surface area (TPSA) is 75.2 Å². The fourth-order valence-electron chi connectivity index (χ4n) is 3.41. The third-order valence-corrected chi connectivity index (χ3v) is 4.87. The Hall–Kier alpha value is -1.71. The second kappa shape index (κ2) is 13.6. The van der Waals surface area contributed by atoms with E-state index in [2.05, 4.69) is 21.7 Å². The Morgan fingerprint density at radius 2 is 1.93 bits per heavy atom. The van der Waals surface area contributed by atoms with E-state index in [1.165, 1.54) is 5.56 Å². The Morgan fingerprint density at radius 1 is 1.23 bits per heavy atom. The standard InChI is InChI=1S/C22H36N4O3.HI/c1-6-28-19-9-8-17(14-20(19)29-7-2)10-12-24-22(23-5)25-18-11-13-26(15-18)21(27)16(3)4;/h8-9,14,16,18H,6-7,10-13,15H2,1-5H3,(H2,23,24,25);1H. The van der Waals surface area contributed by atoms with E-state index in [0.29, 0.717) is 13.2 Å². The van der Waals surface area contributed by atoms with Crippen molar-refractivity contribution in [3.05, 3.63) is 23.8 Å². The molecule has 30 heavy (non-hydrogen) atoms. The minimum Gasteiger partial charge on any atom is -0.490 e. The Labute approximate surface area is 198 Å². The van der Waals surface area contributed by atoms with Crippen molar-refractivity contribution in [1.29, 1.82) is 0 Å². The zero-order valence-electron chi connectivity index (χ0n) is 18.9. The van der Waals surface area contributed by atoms with Gasteiger partial charge in [-0.25, -0.2) is 0 Å². The molecule has 1 amide bonds. The third kappa shape index (κ3) is 7.85. The summed E-state index contributed by atoms with van der Waals surface area (Å²) in [4.78, 5) is 18.4. The number of hydrogen-bond acceptors (Lipinski definition) is 4. The van der Waals surface area contributed by atoms with Gasteiger partial charge in [0.15, 0.2) is 17.5 Å². The van der Waals surface area contributed by atoms with Crippen LogP contribution in [-0.2, 0) is 11.2 Å². The minimum atomic E-state index is 0. The smallest absolute Gasteiger partial charge is 0.225 e. The van der Waals surface area contributed by atoms with E-state index in [1.54, 1.807) is 7.05 Å². The molecule has 170 valence electrons. The number of likely N-dealkylation sites (tertiary alicyclic amines) is 1. The van der Waals surface area contributed by atoms with Crippen molar-refractivity contribution in [2.45, 2.75) is 46.6 Å². The average molecular weight is 532 g/mol. The van der Waals surface area contributed by atoms with Gasteiger partial charge < -0.3 is 25.0 Å². The van der Waals surface area contributed by atoms with E-state index in [9.17, 15) is 4.79 Å². The van der Waals surface area contributed by atoms with Crippen LogP contribution in [0.1, 0.15) is 39.7 Å². The Balaban J connectivity index is 0.00000450. The zero-order chi connectivity index (χ0) is 21.2. The van der Waals surface area contributed by atoms with Crippen LogP contribution in [0.25, 0.3) is 0 Å². The lowest BCUT2D eigenvalue weighted by Crippen LogP contribution is -2.45. The lowest BCUT2D eigenvalue weighted by molar-refractivity contribution is -0.133. The van der Waals surface area contributed by atoms with E-state index in [1.807, 2.05) is 44.7 Å². The van der Waals surface area contributed by atoms with E-state index in [0.717, 1.165) is 49.9 Å². The summed E-state index contributed by atoms with van der Waals surface area (Å²) in [6.45, 7) is 11.3. The molecule has 0 bridgehead atoms. The van der Waals surface area contributed by atoms with Gasteiger partial charge in [-0.1, -0.05) is 19.9 Å². The van der Waals surface area contributed by atoms with Crippen LogP contribution in [0.2, 0.25) is 0 Å². The predicted molar refractivity (Wildman–Crippen MR) is 132 cm³/mol. The molecule has 1 atom stereocenters. The van der Waals surface area contributed by atoms with Gasteiger partial charge in [-0.2, -0.15) is 0 Å². The number of halogens is 1. The van der Waals surface area contributed by atoms with Gasteiger partial charge in [0.25, 0.3) is 0 Å². The predicted octanol–water partition coefficient (Wildman–Crippen LogP) is 3.07. The summed E-state index contributed by atoms with van der Waals surface area (Å²) in [5, 5.41) is 6.80. The summed E-state index contributed by atoms with van der Waals surface area (Å²) >= 11 is 0. The summed E-state index contributed by atoms with van der Waals surface area (Å²) < 4.78 is 11.3. The first-order valence-electron chi connectivity index (χ1n) is 10.6. The minimum absolute atomic E-state index is 0. The van der Waals surface area contributed by atoms with Crippen LogP contribution < -0.4 is 20.1 Å². The monoisotopic (exact) mass is 532 g/mol. The van der Waals surface area contributed by atoms with Crippen LogP contribution in [0.15, 0.2) is 23.2 Å². The maximum Gasteiger partial charge on any atom is 0.225 e. The fraction of sp³-hybridized carbons (Fsp3) is 0.636. The van der Waals surface area contributed by atoms with Crippen molar-refractivity contribution in [1.82, 2.24) is 15.5 Å². The molecule has 1 fully saturated rings. The van der Waals surface area contributed by atoms with E-state index >= 15 is 0 Å². The number of aliphatic imine (C=N–C) groups is 1. The van der Waals surface area contributed by atoms with Crippen LogP contribution >= 0.6 is 24.0 Å². The first-order chi connectivity index (χ1) is 14.0. The highest BCUT2D eigenvalue weighted by molar-refractivity contribution is 14.0. The largest absolute Gasteiger partial charge is 0.490 e. The number of hydrogen-bond donors (Lipinski definition) is 2. The zero-order valence-corrected chi connectivity index (χ0v) is 21.2. The van der Waals surface area contributed by atoms with E-state index < -0.39 is 0 Å².